The molecule has 0 amide bonds. The molecule has 0 bridgehead atoms. The molecule has 0 aliphatic heterocycles. The molecule has 0 aliphatic rings. The zero-order valence-electron chi connectivity index (χ0n) is 10.00. The number of aromatic nitrogens is 2. The van der Waals surface area contributed by atoms with Crippen molar-refractivity contribution in [3.05, 3.63) is 12.3 Å². The van der Waals surface area contributed by atoms with E-state index in [0.717, 1.165) is 0 Å². The molecule has 0 aliphatic carbocycles. The van der Waals surface area contributed by atoms with Gasteiger partial charge in [0.05, 0.1) is 18.2 Å². The van der Waals surface area contributed by atoms with E-state index in [1.165, 1.54) is 35.4 Å². The molecule has 0 saturated carbocycles. The molecule has 0 saturated heterocycles. The third-order valence-corrected chi connectivity index (χ3v) is 4.42. The Bertz CT molecular complexity index is 460. The van der Waals surface area contributed by atoms with E-state index in [1.54, 1.807) is 7.05 Å². The summed E-state index contributed by atoms with van der Waals surface area (Å²) < 4.78 is 31.6. The summed E-state index contributed by atoms with van der Waals surface area (Å²) in [5, 5.41) is 3.59. The second-order valence-corrected chi connectivity index (χ2v) is 6.24. The van der Waals surface area contributed by atoms with Gasteiger partial charge in [-0.15, -0.1) is 11.6 Å². The van der Waals surface area contributed by atoms with E-state index in [2.05, 4.69) is 5.10 Å². The minimum Gasteiger partial charge on any atom is -0.383 e. The first-order chi connectivity index (χ1) is 7.89. The van der Waals surface area contributed by atoms with Crippen LogP contribution in [0, 0.1) is 0 Å². The summed E-state index contributed by atoms with van der Waals surface area (Å²) in [7, 11) is 1.03. The van der Waals surface area contributed by atoms with Crippen molar-refractivity contribution in [2.24, 2.45) is 7.05 Å². The molecule has 1 aromatic rings. The standard InChI is InChI=1S/C9H16ClN3O3S/c1-12(6-8(10)7-16-3)17(14,15)9-4-5-11-13(9)2/h4-5,8H,6-7H2,1-3H3. The van der Waals surface area contributed by atoms with Gasteiger partial charge in [0, 0.05) is 27.7 Å². The van der Waals surface area contributed by atoms with Crippen molar-refractivity contribution in [3.8, 4) is 0 Å². The van der Waals surface area contributed by atoms with Crippen LogP contribution in [0.5, 0.6) is 0 Å². The van der Waals surface area contributed by atoms with Gasteiger partial charge in [0.2, 0.25) is 0 Å². The number of nitrogens with zero attached hydrogens (tertiary/aromatic N) is 3. The van der Waals surface area contributed by atoms with Crippen LogP contribution in [0.25, 0.3) is 0 Å². The minimum atomic E-state index is -3.55. The maximum Gasteiger partial charge on any atom is 0.259 e. The van der Waals surface area contributed by atoms with Crippen LogP contribution in [0.4, 0.5) is 0 Å². The number of hydrogen-bond acceptors (Lipinski definition) is 4. The summed E-state index contributed by atoms with van der Waals surface area (Å²) in [4.78, 5) is 0. The highest BCUT2D eigenvalue weighted by Crippen LogP contribution is 2.14. The Kier molecular flexibility index (Phi) is 4.93. The van der Waals surface area contributed by atoms with Crippen molar-refractivity contribution >= 4 is 21.6 Å². The van der Waals surface area contributed by atoms with Crippen LogP contribution >= 0.6 is 11.6 Å². The lowest BCUT2D eigenvalue weighted by Crippen LogP contribution is -2.34. The Balaban J connectivity index is 2.81. The van der Waals surface area contributed by atoms with E-state index in [4.69, 9.17) is 16.3 Å². The van der Waals surface area contributed by atoms with E-state index in [0.29, 0.717) is 6.61 Å². The lowest BCUT2D eigenvalue weighted by Gasteiger charge is -2.19. The topological polar surface area (TPSA) is 64.4 Å². The molecule has 98 valence electrons. The fraction of sp³-hybridized carbons (Fsp3) is 0.667. The number of hydrogen-bond donors (Lipinski definition) is 0. The summed E-state index contributed by atoms with van der Waals surface area (Å²) in [5.74, 6) is 0. The molecule has 1 rings (SSSR count). The van der Waals surface area contributed by atoms with Crippen molar-refractivity contribution in [3.63, 3.8) is 0 Å². The van der Waals surface area contributed by atoms with Gasteiger partial charge in [-0.2, -0.15) is 9.40 Å². The summed E-state index contributed by atoms with van der Waals surface area (Å²) >= 11 is 5.93. The maximum absolute atomic E-state index is 12.1. The van der Waals surface area contributed by atoms with E-state index in [1.807, 2.05) is 0 Å². The molecule has 0 N–H and O–H groups in total. The number of alkyl halides is 1. The van der Waals surface area contributed by atoms with Crippen LogP contribution in [0.2, 0.25) is 0 Å². The van der Waals surface area contributed by atoms with Gasteiger partial charge in [-0.05, 0) is 6.07 Å². The summed E-state index contributed by atoms with van der Waals surface area (Å²) in [6.07, 6.45) is 1.44. The summed E-state index contributed by atoms with van der Waals surface area (Å²) in [6.45, 7) is 0.482. The molecule has 1 unspecified atom stereocenters. The van der Waals surface area contributed by atoms with Crippen molar-refractivity contribution < 1.29 is 13.2 Å². The zero-order chi connectivity index (χ0) is 13.1. The average Bonchev–Trinajstić information content (AvgIpc) is 2.65. The Morgan fingerprint density at radius 1 is 1.65 bits per heavy atom. The van der Waals surface area contributed by atoms with Crippen molar-refractivity contribution in [1.29, 1.82) is 0 Å². The molecule has 1 heterocycles. The van der Waals surface area contributed by atoms with Crippen LogP contribution in [-0.4, -0.2) is 55.2 Å². The van der Waals surface area contributed by atoms with Gasteiger partial charge < -0.3 is 4.74 Å². The minimum absolute atomic E-state index is 0.140. The van der Waals surface area contributed by atoms with Gasteiger partial charge in [0.1, 0.15) is 0 Å². The molecule has 0 aromatic carbocycles. The Morgan fingerprint density at radius 3 is 2.76 bits per heavy atom. The Morgan fingerprint density at radius 2 is 2.29 bits per heavy atom. The van der Waals surface area contributed by atoms with E-state index >= 15 is 0 Å². The zero-order valence-corrected chi connectivity index (χ0v) is 11.6. The fourth-order valence-corrected chi connectivity index (χ4v) is 3.11. The normalized spacial score (nSPS) is 14.2. The number of ether oxygens (including phenoxy) is 1. The number of methoxy groups -OCH3 is 1. The third kappa shape index (κ3) is 3.41. The van der Waals surface area contributed by atoms with Crippen molar-refractivity contribution in [2.75, 3.05) is 27.3 Å². The fourth-order valence-electron chi connectivity index (χ4n) is 1.39. The molecule has 0 radical (unpaired) electrons. The molecule has 8 heteroatoms. The first-order valence-electron chi connectivity index (χ1n) is 4.97. The van der Waals surface area contributed by atoms with Gasteiger partial charge in [0.25, 0.3) is 10.0 Å². The van der Waals surface area contributed by atoms with Crippen LogP contribution < -0.4 is 0 Å². The molecule has 17 heavy (non-hydrogen) atoms. The molecule has 6 nitrogen and oxygen atoms in total. The summed E-state index contributed by atoms with van der Waals surface area (Å²) in [6, 6.07) is 1.45. The molecular weight excluding hydrogens is 266 g/mol. The van der Waals surface area contributed by atoms with Crippen LogP contribution in [-0.2, 0) is 21.8 Å². The highest BCUT2D eigenvalue weighted by Gasteiger charge is 2.25. The van der Waals surface area contributed by atoms with Crippen LogP contribution in [0.15, 0.2) is 17.3 Å². The predicted molar refractivity (Wildman–Crippen MR) is 64.5 cm³/mol. The molecule has 0 spiro atoms. The second-order valence-electron chi connectivity index (χ2n) is 3.63. The van der Waals surface area contributed by atoms with Crippen molar-refractivity contribution in [2.45, 2.75) is 10.4 Å². The first kappa shape index (κ1) is 14.4. The van der Waals surface area contributed by atoms with Gasteiger partial charge in [-0.3, -0.25) is 4.68 Å². The highest BCUT2D eigenvalue weighted by molar-refractivity contribution is 7.89. The van der Waals surface area contributed by atoms with Crippen LogP contribution in [0.1, 0.15) is 0 Å². The van der Waals surface area contributed by atoms with E-state index in [9.17, 15) is 8.42 Å². The molecule has 1 atom stereocenters. The van der Waals surface area contributed by atoms with Gasteiger partial charge >= 0.3 is 0 Å². The van der Waals surface area contributed by atoms with Gasteiger partial charge in [-0.25, -0.2) is 8.42 Å². The van der Waals surface area contributed by atoms with Crippen LogP contribution in [0.3, 0.4) is 0 Å². The number of aryl methyl sites for hydroxylation is 1. The molecule has 1 aromatic heterocycles. The van der Waals surface area contributed by atoms with Gasteiger partial charge in [0.15, 0.2) is 5.03 Å². The SMILES string of the molecule is COCC(Cl)CN(C)S(=O)(=O)c1ccnn1C. The largest absolute Gasteiger partial charge is 0.383 e. The average molecular weight is 282 g/mol. The summed E-state index contributed by atoms with van der Waals surface area (Å²) in [5.41, 5.74) is 0. The molecule has 0 fully saturated rings. The maximum atomic E-state index is 12.1. The van der Waals surface area contributed by atoms with Gasteiger partial charge in [-0.1, -0.05) is 0 Å². The molecular formula is C9H16ClN3O3S. The second kappa shape index (κ2) is 5.81. The predicted octanol–water partition coefficient (Wildman–Crippen LogP) is 0.294. The van der Waals surface area contributed by atoms with E-state index < -0.39 is 10.0 Å². The Hall–Kier alpha value is -0.630. The number of rotatable bonds is 6. The third-order valence-electron chi connectivity index (χ3n) is 2.25. The van der Waals surface area contributed by atoms with E-state index in [-0.39, 0.29) is 16.9 Å². The Labute approximate surface area is 106 Å². The number of sulfonamides is 1. The lowest BCUT2D eigenvalue weighted by atomic mass is 10.4. The van der Waals surface area contributed by atoms with Crippen molar-refractivity contribution in [1.82, 2.24) is 14.1 Å². The smallest absolute Gasteiger partial charge is 0.259 e. The number of halogens is 1. The quantitative estimate of drug-likeness (QED) is 0.703. The first-order valence-corrected chi connectivity index (χ1v) is 6.84. The lowest BCUT2D eigenvalue weighted by molar-refractivity contribution is 0.192. The highest BCUT2D eigenvalue weighted by atomic mass is 35.5. The monoisotopic (exact) mass is 281 g/mol.